The minimum Gasteiger partial charge on any atom is -0.456 e. The molecule has 2 saturated carbocycles. The molecular formula is C30H42O7. The van der Waals surface area contributed by atoms with Gasteiger partial charge in [-0.2, -0.15) is 0 Å². The van der Waals surface area contributed by atoms with Crippen LogP contribution in [0, 0.1) is 35.0 Å². The van der Waals surface area contributed by atoms with E-state index in [4.69, 9.17) is 23.7 Å². The van der Waals surface area contributed by atoms with Crippen LogP contribution >= 0.6 is 0 Å². The van der Waals surface area contributed by atoms with E-state index >= 15 is 0 Å². The summed E-state index contributed by atoms with van der Waals surface area (Å²) in [5.41, 5.74) is -0.785. The molecule has 6 fully saturated rings. The summed E-state index contributed by atoms with van der Waals surface area (Å²) in [4.78, 5) is 26.2. The van der Waals surface area contributed by atoms with Gasteiger partial charge in [-0.15, -0.1) is 0 Å². The Labute approximate surface area is 219 Å². The van der Waals surface area contributed by atoms with Gasteiger partial charge in [0.25, 0.3) is 5.97 Å². The van der Waals surface area contributed by atoms with E-state index < -0.39 is 28.2 Å². The average Bonchev–Trinajstić information content (AvgIpc) is 3.37. The van der Waals surface area contributed by atoms with Crippen LogP contribution in [-0.2, 0) is 33.3 Å². The maximum Gasteiger partial charge on any atom is 0.306 e. The van der Waals surface area contributed by atoms with Gasteiger partial charge in [0.15, 0.2) is 5.78 Å². The Balaban J connectivity index is 1.20. The molecule has 0 unspecified atom stereocenters. The first-order chi connectivity index (χ1) is 17.3. The van der Waals surface area contributed by atoms with Gasteiger partial charge < -0.3 is 23.7 Å². The van der Waals surface area contributed by atoms with Gasteiger partial charge in [0.1, 0.15) is 17.3 Å². The number of rotatable bonds is 3. The first-order valence-corrected chi connectivity index (χ1v) is 14.5. The number of ether oxygens (including phenoxy) is 5. The lowest BCUT2D eigenvalue weighted by Crippen LogP contribution is -2.57. The molecule has 7 nitrogen and oxygen atoms in total. The Hall–Kier alpha value is -1.28. The Kier molecular flexibility index (Phi) is 4.86. The monoisotopic (exact) mass is 514 g/mol. The van der Waals surface area contributed by atoms with Gasteiger partial charge in [-0.05, 0) is 57.4 Å². The van der Waals surface area contributed by atoms with E-state index in [2.05, 4.69) is 41.5 Å². The molecule has 1 spiro atoms. The number of carbonyl (C=O) groups excluding carboxylic acids is 2. The van der Waals surface area contributed by atoms with Crippen LogP contribution in [0.15, 0.2) is 11.6 Å². The molecule has 0 aromatic carbocycles. The Morgan fingerprint density at radius 1 is 1.11 bits per heavy atom. The van der Waals surface area contributed by atoms with Crippen LogP contribution < -0.4 is 0 Å². The molecule has 0 amide bonds. The average molecular weight is 515 g/mol. The van der Waals surface area contributed by atoms with Crippen LogP contribution in [0.3, 0.4) is 0 Å². The first-order valence-electron chi connectivity index (χ1n) is 14.5. The summed E-state index contributed by atoms with van der Waals surface area (Å²) in [5.74, 6) is -0.0739. The molecule has 0 radical (unpaired) electrons. The van der Waals surface area contributed by atoms with Gasteiger partial charge in [0.05, 0.1) is 17.8 Å². The van der Waals surface area contributed by atoms with Crippen LogP contribution in [0.4, 0.5) is 0 Å². The molecule has 7 heteroatoms. The Morgan fingerprint density at radius 3 is 2.54 bits per heavy atom. The third-order valence-corrected chi connectivity index (χ3v) is 12.2. The number of hydrogen-bond donors (Lipinski definition) is 0. The molecule has 3 aliphatic carbocycles. The Morgan fingerprint density at radius 2 is 1.86 bits per heavy atom. The molecule has 7 rings (SSSR count). The Bertz CT molecular complexity index is 1090. The maximum atomic E-state index is 14.1. The molecule has 4 aliphatic heterocycles. The van der Waals surface area contributed by atoms with Gasteiger partial charge in [-0.3, -0.25) is 9.59 Å². The lowest BCUT2D eigenvalue weighted by atomic mass is 9.53. The molecule has 4 heterocycles. The van der Waals surface area contributed by atoms with E-state index in [1.807, 2.05) is 13.0 Å². The molecule has 0 aromatic heterocycles. The maximum absolute atomic E-state index is 14.1. The van der Waals surface area contributed by atoms with Crippen molar-refractivity contribution in [3.63, 3.8) is 0 Å². The van der Waals surface area contributed by atoms with Crippen molar-refractivity contribution < 1.29 is 33.3 Å². The molecule has 0 N–H and O–H groups in total. The van der Waals surface area contributed by atoms with Gasteiger partial charge in [-0.1, -0.05) is 33.3 Å². The van der Waals surface area contributed by atoms with Crippen molar-refractivity contribution in [3.8, 4) is 0 Å². The van der Waals surface area contributed by atoms with Crippen molar-refractivity contribution in [2.45, 2.75) is 128 Å². The summed E-state index contributed by atoms with van der Waals surface area (Å²) >= 11 is 0. The van der Waals surface area contributed by atoms with Crippen LogP contribution in [0.1, 0.15) is 87.0 Å². The van der Waals surface area contributed by atoms with E-state index in [0.29, 0.717) is 19.3 Å². The zero-order valence-corrected chi connectivity index (χ0v) is 23.3. The zero-order valence-electron chi connectivity index (χ0n) is 23.3. The number of allylic oxidation sites excluding steroid dienone is 1. The van der Waals surface area contributed by atoms with Crippen LogP contribution in [0.25, 0.3) is 0 Å². The van der Waals surface area contributed by atoms with E-state index in [1.54, 1.807) is 0 Å². The van der Waals surface area contributed by atoms with Crippen LogP contribution in [0.5, 0.6) is 0 Å². The van der Waals surface area contributed by atoms with Crippen LogP contribution in [0.2, 0.25) is 0 Å². The number of hydrogen-bond acceptors (Lipinski definition) is 7. The summed E-state index contributed by atoms with van der Waals surface area (Å²) in [5, 5.41) is 0. The van der Waals surface area contributed by atoms with Gasteiger partial charge in [-0.25, -0.2) is 0 Å². The first kappa shape index (κ1) is 24.7. The number of esters is 1. The summed E-state index contributed by atoms with van der Waals surface area (Å²) in [6, 6.07) is 0. The summed E-state index contributed by atoms with van der Waals surface area (Å²) in [7, 11) is 0. The minimum absolute atomic E-state index is 0.0101. The van der Waals surface area contributed by atoms with Crippen LogP contribution in [-0.4, -0.2) is 52.8 Å². The van der Waals surface area contributed by atoms with E-state index in [1.165, 1.54) is 0 Å². The molecule has 2 bridgehead atoms. The molecule has 0 aromatic rings. The highest BCUT2D eigenvalue weighted by Gasteiger charge is 2.74. The normalized spacial score (nSPS) is 55.9. The number of epoxide rings is 1. The molecule has 12 atom stereocenters. The van der Waals surface area contributed by atoms with E-state index in [0.717, 1.165) is 24.8 Å². The number of carbonyl (C=O) groups is 2. The van der Waals surface area contributed by atoms with E-state index in [9.17, 15) is 9.59 Å². The second-order valence-corrected chi connectivity index (χ2v) is 14.0. The quantitative estimate of drug-likeness (QED) is 0.398. The lowest BCUT2D eigenvalue weighted by molar-refractivity contribution is -0.396. The molecular weight excluding hydrogens is 472 g/mol. The zero-order chi connectivity index (χ0) is 26.3. The van der Waals surface area contributed by atoms with Crippen molar-refractivity contribution in [3.05, 3.63) is 11.6 Å². The highest BCUT2D eigenvalue weighted by atomic mass is 16.9. The molecule has 4 saturated heterocycles. The SMILES string of the molecule is CC[C@@]12O[C@@H]([C@@H](C)[C@H]3CC[C@@H]4[C@@H]5C(=CC(=O)[C@]34C)[C@H](C)[C@]3(CCC(=O)O3)[C@H]3O[C@@H]53)C[C@@](C)(O1)C(C)(C)O2. The van der Waals surface area contributed by atoms with Crippen molar-refractivity contribution in [2.24, 2.45) is 35.0 Å². The fourth-order valence-electron chi connectivity index (χ4n) is 9.62. The molecule has 37 heavy (non-hydrogen) atoms. The molecule has 7 aliphatic rings. The predicted molar refractivity (Wildman–Crippen MR) is 133 cm³/mol. The fraction of sp³-hybridized carbons (Fsp3) is 0.867. The fourth-order valence-corrected chi connectivity index (χ4v) is 9.62. The third kappa shape index (κ3) is 2.93. The van der Waals surface area contributed by atoms with Crippen molar-refractivity contribution in [1.82, 2.24) is 0 Å². The standard InChI is InChI=1S/C30H42O7/c1-8-30-34-20(14-27(6,37-30)26(4,5)36-30)15(2)18-9-10-19-23-17(13-21(31)28(18,19)7)16(3)29(25-24(23)33-25)12-11-22(32)35-29/h13,15-16,18-20,23-25H,8-12,14H2,1-7H3/t15-,16-,18+,19+,20+,23-,24-,25-,27+,28+,29+,30-/m0/s1. The lowest BCUT2D eigenvalue weighted by Gasteiger charge is -2.51. The number of fused-ring (bicyclic) bond motifs is 8. The summed E-state index contributed by atoms with van der Waals surface area (Å²) in [6.07, 6.45) is 6.39. The highest BCUT2D eigenvalue weighted by molar-refractivity contribution is 5.97. The van der Waals surface area contributed by atoms with Gasteiger partial charge >= 0.3 is 5.97 Å². The largest absolute Gasteiger partial charge is 0.456 e. The number of ketones is 1. The van der Waals surface area contributed by atoms with Gasteiger partial charge in [0, 0.05) is 42.9 Å². The smallest absolute Gasteiger partial charge is 0.306 e. The predicted octanol–water partition coefficient (Wildman–Crippen LogP) is 4.71. The van der Waals surface area contributed by atoms with Crippen molar-refractivity contribution in [1.29, 1.82) is 0 Å². The summed E-state index contributed by atoms with van der Waals surface area (Å²) in [6.45, 7) is 15.0. The molecule has 204 valence electrons. The van der Waals surface area contributed by atoms with Gasteiger partial charge in [0.2, 0.25) is 0 Å². The highest BCUT2D eigenvalue weighted by Crippen LogP contribution is 2.67. The second kappa shape index (κ2) is 7.26. The topological polar surface area (TPSA) is 83.6 Å². The minimum atomic E-state index is -1.01. The third-order valence-electron chi connectivity index (χ3n) is 12.2. The van der Waals surface area contributed by atoms with Crippen molar-refractivity contribution in [2.75, 3.05) is 0 Å². The van der Waals surface area contributed by atoms with Crippen molar-refractivity contribution >= 4 is 11.8 Å². The second-order valence-electron chi connectivity index (χ2n) is 14.0. The van der Waals surface area contributed by atoms with E-state index in [-0.39, 0.29) is 59.7 Å². The summed E-state index contributed by atoms with van der Waals surface area (Å²) < 4.78 is 31.7.